The van der Waals surface area contributed by atoms with Crippen molar-refractivity contribution in [1.29, 1.82) is 0 Å². The molecule has 1 aliphatic heterocycles. The zero-order valence-electron chi connectivity index (χ0n) is 20.5. The van der Waals surface area contributed by atoms with E-state index in [-0.39, 0.29) is 5.56 Å². The van der Waals surface area contributed by atoms with Gasteiger partial charge in [-0.2, -0.15) is 9.78 Å². The SMILES string of the molecule is CCCc1nn(-c2ccccc2C)c(=O)c2cnc(Nc3ccc(N4CCN(C)CC4)cc3)nc12. The first-order valence-electron chi connectivity index (χ1n) is 12.2. The third-order valence-corrected chi connectivity index (χ3v) is 6.53. The molecule has 5 rings (SSSR count). The molecule has 180 valence electrons. The van der Waals surface area contributed by atoms with Gasteiger partial charge < -0.3 is 15.1 Å². The Kier molecular flexibility index (Phi) is 6.46. The lowest BCUT2D eigenvalue weighted by Gasteiger charge is -2.34. The predicted octanol–water partition coefficient (Wildman–Crippen LogP) is 3.93. The lowest BCUT2D eigenvalue weighted by molar-refractivity contribution is 0.313. The summed E-state index contributed by atoms with van der Waals surface area (Å²) < 4.78 is 1.48. The second-order valence-electron chi connectivity index (χ2n) is 9.12. The van der Waals surface area contributed by atoms with Crippen molar-refractivity contribution in [3.63, 3.8) is 0 Å². The molecule has 0 amide bonds. The number of para-hydroxylation sites is 1. The fourth-order valence-corrected chi connectivity index (χ4v) is 4.46. The van der Waals surface area contributed by atoms with Crippen molar-refractivity contribution < 1.29 is 0 Å². The van der Waals surface area contributed by atoms with Crippen LogP contribution in [0, 0.1) is 6.92 Å². The highest BCUT2D eigenvalue weighted by molar-refractivity contribution is 5.80. The molecule has 1 N–H and O–H groups in total. The molecule has 35 heavy (non-hydrogen) atoms. The number of rotatable bonds is 6. The molecule has 0 atom stereocenters. The Morgan fingerprint density at radius 3 is 2.46 bits per heavy atom. The molecule has 8 nitrogen and oxygen atoms in total. The molecule has 0 unspecified atom stereocenters. The molecule has 1 fully saturated rings. The fraction of sp³-hybridized carbons (Fsp3) is 0.333. The topological polar surface area (TPSA) is 79.2 Å². The Morgan fingerprint density at radius 1 is 1.00 bits per heavy atom. The van der Waals surface area contributed by atoms with Gasteiger partial charge in [0.05, 0.1) is 16.8 Å². The quantitative estimate of drug-likeness (QED) is 0.458. The first kappa shape index (κ1) is 23.0. The lowest BCUT2D eigenvalue weighted by atomic mass is 10.1. The van der Waals surface area contributed by atoms with Gasteiger partial charge in [0.2, 0.25) is 5.95 Å². The number of nitrogens with one attached hydrogen (secondary N) is 1. The van der Waals surface area contributed by atoms with Crippen molar-refractivity contribution in [2.75, 3.05) is 43.4 Å². The summed E-state index contributed by atoms with van der Waals surface area (Å²) in [5.41, 5.74) is 5.07. The van der Waals surface area contributed by atoms with Crippen LogP contribution in [0.25, 0.3) is 16.6 Å². The van der Waals surface area contributed by atoms with E-state index in [9.17, 15) is 4.79 Å². The Labute approximate surface area is 205 Å². The van der Waals surface area contributed by atoms with E-state index < -0.39 is 0 Å². The van der Waals surface area contributed by atoms with Crippen LogP contribution in [0.2, 0.25) is 0 Å². The number of nitrogens with zero attached hydrogens (tertiary/aromatic N) is 6. The minimum absolute atomic E-state index is 0.211. The second-order valence-corrected chi connectivity index (χ2v) is 9.12. The van der Waals surface area contributed by atoms with E-state index in [0.717, 1.165) is 61.7 Å². The van der Waals surface area contributed by atoms with Gasteiger partial charge in [-0.15, -0.1) is 0 Å². The summed E-state index contributed by atoms with van der Waals surface area (Å²) in [6.07, 6.45) is 3.23. The van der Waals surface area contributed by atoms with Gasteiger partial charge in [0, 0.05) is 43.8 Å². The number of aryl methyl sites for hydroxylation is 2. The van der Waals surface area contributed by atoms with Gasteiger partial charge in [-0.25, -0.2) is 9.97 Å². The van der Waals surface area contributed by atoms with Crippen LogP contribution in [-0.2, 0) is 6.42 Å². The number of fused-ring (bicyclic) bond motifs is 1. The van der Waals surface area contributed by atoms with Crippen LogP contribution in [0.3, 0.4) is 0 Å². The summed E-state index contributed by atoms with van der Waals surface area (Å²) in [6, 6.07) is 16.1. The second kappa shape index (κ2) is 9.84. The van der Waals surface area contributed by atoms with Crippen molar-refractivity contribution in [3.8, 4) is 5.69 Å². The molecule has 0 saturated carbocycles. The number of likely N-dealkylation sites (N-methyl/N-ethyl adjacent to an activating group) is 1. The van der Waals surface area contributed by atoms with Crippen LogP contribution < -0.4 is 15.8 Å². The van der Waals surface area contributed by atoms with Crippen LogP contribution in [0.15, 0.2) is 59.5 Å². The molecule has 0 spiro atoms. The molecular formula is C27H31N7O. The maximum atomic E-state index is 13.3. The summed E-state index contributed by atoms with van der Waals surface area (Å²) in [5.74, 6) is 0.456. The number of benzene rings is 2. The van der Waals surface area contributed by atoms with Crippen molar-refractivity contribution in [3.05, 3.63) is 76.3 Å². The number of hydrogen-bond acceptors (Lipinski definition) is 7. The van der Waals surface area contributed by atoms with Gasteiger partial charge in [0.1, 0.15) is 5.52 Å². The van der Waals surface area contributed by atoms with Crippen molar-refractivity contribution >= 4 is 28.2 Å². The highest BCUT2D eigenvalue weighted by atomic mass is 16.1. The van der Waals surface area contributed by atoms with E-state index >= 15 is 0 Å². The first-order chi connectivity index (χ1) is 17.0. The molecule has 2 aromatic carbocycles. The molecule has 0 aliphatic carbocycles. The predicted molar refractivity (Wildman–Crippen MR) is 141 cm³/mol. The van der Waals surface area contributed by atoms with Crippen LogP contribution in [0.1, 0.15) is 24.6 Å². The lowest BCUT2D eigenvalue weighted by Crippen LogP contribution is -2.44. The van der Waals surface area contributed by atoms with Gasteiger partial charge in [-0.3, -0.25) is 4.79 Å². The molecule has 4 aromatic rings. The summed E-state index contributed by atoms with van der Waals surface area (Å²) in [6.45, 7) is 8.29. The number of aromatic nitrogens is 4. The highest BCUT2D eigenvalue weighted by Gasteiger charge is 2.16. The molecule has 8 heteroatoms. The molecule has 1 saturated heterocycles. The van der Waals surface area contributed by atoms with E-state index in [4.69, 9.17) is 10.1 Å². The van der Waals surface area contributed by atoms with Gasteiger partial charge >= 0.3 is 0 Å². The molecule has 0 bridgehead atoms. The molecule has 1 aliphatic rings. The van der Waals surface area contributed by atoms with E-state index in [1.807, 2.05) is 43.3 Å². The first-order valence-corrected chi connectivity index (χ1v) is 12.2. The summed E-state index contributed by atoms with van der Waals surface area (Å²) in [4.78, 5) is 27.2. The van der Waals surface area contributed by atoms with Crippen molar-refractivity contribution in [2.24, 2.45) is 0 Å². The molecule has 3 heterocycles. The van der Waals surface area contributed by atoms with Gasteiger partial charge in [-0.1, -0.05) is 31.5 Å². The van der Waals surface area contributed by atoms with Crippen LogP contribution in [0.5, 0.6) is 0 Å². The highest BCUT2D eigenvalue weighted by Crippen LogP contribution is 2.22. The van der Waals surface area contributed by atoms with Gasteiger partial charge in [0.15, 0.2) is 0 Å². The Morgan fingerprint density at radius 2 is 1.74 bits per heavy atom. The third kappa shape index (κ3) is 4.74. The molecule has 2 aromatic heterocycles. The van der Waals surface area contributed by atoms with Crippen LogP contribution in [0.4, 0.5) is 17.3 Å². The monoisotopic (exact) mass is 469 g/mol. The zero-order chi connectivity index (χ0) is 24.4. The van der Waals surface area contributed by atoms with E-state index in [1.54, 1.807) is 6.20 Å². The van der Waals surface area contributed by atoms with Gasteiger partial charge in [-0.05, 0) is 56.3 Å². The number of anilines is 3. The average molecular weight is 470 g/mol. The largest absolute Gasteiger partial charge is 0.369 e. The molecule has 0 radical (unpaired) electrons. The number of piperazine rings is 1. The standard InChI is InChI=1S/C27H31N7O/c1-4-7-23-25-22(26(35)34(31-23)24-9-6-5-8-19(24)2)18-28-27(30-25)29-20-10-12-21(13-11-20)33-16-14-32(3)15-17-33/h5-6,8-13,18H,4,7,14-17H2,1-3H3,(H,28,29,30). The third-order valence-electron chi connectivity index (χ3n) is 6.53. The zero-order valence-corrected chi connectivity index (χ0v) is 20.5. The minimum Gasteiger partial charge on any atom is -0.369 e. The van der Waals surface area contributed by atoms with Crippen molar-refractivity contribution in [2.45, 2.75) is 26.7 Å². The smallest absolute Gasteiger partial charge is 0.282 e. The normalized spacial score (nSPS) is 14.4. The molecular weight excluding hydrogens is 438 g/mol. The van der Waals surface area contributed by atoms with E-state index in [0.29, 0.717) is 16.9 Å². The summed E-state index contributed by atoms with van der Waals surface area (Å²) >= 11 is 0. The van der Waals surface area contributed by atoms with E-state index in [2.05, 4.69) is 46.2 Å². The average Bonchev–Trinajstić information content (AvgIpc) is 2.87. The van der Waals surface area contributed by atoms with E-state index in [1.165, 1.54) is 10.4 Å². The Balaban J connectivity index is 1.45. The summed E-state index contributed by atoms with van der Waals surface area (Å²) in [7, 11) is 2.16. The van der Waals surface area contributed by atoms with Crippen LogP contribution >= 0.6 is 0 Å². The van der Waals surface area contributed by atoms with Gasteiger partial charge in [0.25, 0.3) is 5.56 Å². The Bertz CT molecular complexity index is 1390. The van der Waals surface area contributed by atoms with Crippen LogP contribution in [-0.4, -0.2) is 57.9 Å². The fourth-order valence-electron chi connectivity index (χ4n) is 4.46. The number of hydrogen-bond donors (Lipinski definition) is 1. The maximum Gasteiger partial charge on any atom is 0.282 e. The maximum absolute atomic E-state index is 13.3. The van der Waals surface area contributed by atoms with Crippen molar-refractivity contribution in [1.82, 2.24) is 24.6 Å². The Hall–Kier alpha value is -3.78. The minimum atomic E-state index is -0.211. The summed E-state index contributed by atoms with van der Waals surface area (Å²) in [5, 5.41) is 8.48.